The van der Waals surface area contributed by atoms with E-state index < -0.39 is 5.41 Å². The molecule has 0 heterocycles. The highest BCUT2D eigenvalue weighted by atomic mass is 35.5. The van der Waals surface area contributed by atoms with Crippen LogP contribution in [0.1, 0.15) is 12.5 Å². The highest BCUT2D eigenvalue weighted by Gasteiger charge is 2.23. The summed E-state index contributed by atoms with van der Waals surface area (Å²) >= 11 is 11.8. The van der Waals surface area contributed by atoms with E-state index in [0.717, 1.165) is 5.56 Å². The van der Waals surface area contributed by atoms with Gasteiger partial charge in [0, 0.05) is 15.5 Å². The second-order valence-corrected chi connectivity index (χ2v) is 4.88. The molecule has 1 aromatic rings. The number of aliphatic hydroxyl groups excluding tert-OH is 2. The van der Waals surface area contributed by atoms with Crippen molar-refractivity contribution in [2.45, 2.75) is 13.3 Å². The number of aliphatic hydroxyl groups is 2. The molecule has 15 heavy (non-hydrogen) atoms. The van der Waals surface area contributed by atoms with Crippen molar-refractivity contribution in [1.82, 2.24) is 0 Å². The van der Waals surface area contributed by atoms with E-state index in [-0.39, 0.29) is 13.2 Å². The Bertz CT molecular complexity index is 335. The van der Waals surface area contributed by atoms with Gasteiger partial charge in [-0.15, -0.1) is 0 Å². The van der Waals surface area contributed by atoms with Crippen LogP contribution >= 0.6 is 23.2 Å². The van der Waals surface area contributed by atoms with E-state index in [4.69, 9.17) is 33.4 Å². The Morgan fingerprint density at radius 3 is 2.27 bits per heavy atom. The molecule has 0 bridgehead atoms. The Morgan fingerprint density at radius 2 is 1.80 bits per heavy atom. The maximum absolute atomic E-state index is 9.16. The second kappa shape index (κ2) is 5.17. The molecule has 0 saturated heterocycles. The molecule has 84 valence electrons. The molecule has 0 saturated carbocycles. The third kappa shape index (κ3) is 3.35. The molecule has 0 aliphatic heterocycles. The van der Waals surface area contributed by atoms with Gasteiger partial charge >= 0.3 is 0 Å². The number of hydrogen-bond acceptors (Lipinski definition) is 2. The molecule has 0 radical (unpaired) electrons. The van der Waals surface area contributed by atoms with Crippen molar-refractivity contribution in [2.24, 2.45) is 5.41 Å². The zero-order valence-electron chi connectivity index (χ0n) is 8.50. The van der Waals surface area contributed by atoms with Crippen molar-refractivity contribution in [2.75, 3.05) is 13.2 Å². The number of rotatable bonds is 4. The third-order valence-corrected chi connectivity index (χ3v) is 2.98. The lowest BCUT2D eigenvalue weighted by Crippen LogP contribution is -2.28. The van der Waals surface area contributed by atoms with Gasteiger partial charge in [0.05, 0.1) is 13.2 Å². The fourth-order valence-electron chi connectivity index (χ4n) is 1.29. The van der Waals surface area contributed by atoms with Gasteiger partial charge < -0.3 is 10.2 Å². The molecule has 0 aliphatic carbocycles. The summed E-state index contributed by atoms with van der Waals surface area (Å²) in [7, 11) is 0. The average molecular weight is 249 g/mol. The number of benzene rings is 1. The van der Waals surface area contributed by atoms with E-state index >= 15 is 0 Å². The molecular weight excluding hydrogens is 235 g/mol. The first-order chi connectivity index (χ1) is 7.00. The maximum Gasteiger partial charge on any atom is 0.0509 e. The third-order valence-electron chi connectivity index (χ3n) is 2.40. The normalized spacial score (nSPS) is 11.8. The molecule has 0 atom stereocenters. The predicted molar refractivity (Wildman–Crippen MR) is 62.4 cm³/mol. The summed E-state index contributed by atoms with van der Waals surface area (Å²) in [5, 5.41) is 19.5. The first kappa shape index (κ1) is 12.8. The zero-order chi connectivity index (χ0) is 11.5. The Balaban J connectivity index is 2.89. The van der Waals surface area contributed by atoms with Crippen LogP contribution < -0.4 is 0 Å². The van der Waals surface area contributed by atoms with Gasteiger partial charge in [-0.3, -0.25) is 0 Å². The average Bonchev–Trinajstić information content (AvgIpc) is 2.22. The van der Waals surface area contributed by atoms with Gasteiger partial charge in [0.25, 0.3) is 0 Å². The van der Waals surface area contributed by atoms with Gasteiger partial charge in [0.15, 0.2) is 0 Å². The van der Waals surface area contributed by atoms with Gasteiger partial charge in [-0.1, -0.05) is 36.2 Å². The van der Waals surface area contributed by atoms with E-state index in [9.17, 15) is 0 Å². The molecule has 0 aromatic heterocycles. The summed E-state index contributed by atoms with van der Waals surface area (Å²) in [4.78, 5) is 0. The first-order valence-electron chi connectivity index (χ1n) is 4.66. The van der Waals surface area contributed by atoms with Crippen molar-refractivity contribution in [3.8, 4) is 0 Å². The monoisotopic (exact) mass is 248 g/mol. The van der Waals surface area contributed by atoms with Gasteiger partial charge in [0.1, 0.15) is 0 Å². The zero-order valence-corrected chi connectivity index (χ0v) is 10.0. The first-order valence-corrected chi connectivity index (χ1v) is 5.42. The smallest absolute Gasteiger partial charge is 0.0509 e. The van der Waals surface area contributed by atoms with Gasteiger partial charge in [0.2, 0.25) is 0 Å². The largest absolute Gasteiger partial charge is 0.396 e. The lowest BCUT2D eigenvalue weighted by Gasteiger charge is -2.25. The molecular formula is C11H14Cl2O2. The molecule has 0 amide bonds. The Morgan fingerprint density at radius 1 is 1.20 bits per heavy atom. The standard InChI is InChI=1S/C11H14Cl2O2/c1-11(6-14,7-15)5-8-2-3-9(12)4-10(8)13/h2-4,14-15H,5-7H2,1H3. The number of hydrogen-bond donors (Lipinski definition) is 2. The Hall–Kier alpha value is -0.280. The molecule has 4 heteroatoms. The number of halogens is 2. The molecule has 0 fully saturated rings. The lowest BCUT2D eigenvalue weighted by atomic mass is 9.85. The Labute approximate surface area is 99.5 Å². The van der Waals surface area contributed by atoms with Crippen LogP contribution in [-0.2, 0) is 6.42 Å². The molecule has 1 rings (SSSR count). The van der Waals surface area contributed by atoms with Crippen LogP contribution in [0.25, 0.3) is 0 Å². The molecule has 2 N–H and O–H groups in total. The van der Waals surface area contributed by atoms with Crippen LogP contribution in [0.4, 0.5) is 0 Å². The van der Waals surface area contributed by atoms with Crippen molar-refractivity contribution < 1.29 is 10.2 Å². The van der Waals surface area contributed by atoms with E-state index in [0.29, 0.717) is 16.5 Å². The topological polar surface area (TPSA) is 40.5 Å². The van der Waals surface area contributed by atoms with Crippen LogP contribution in [-0.4, -0.2) is 23.4 Å². The molecule has 0 spiro atoms. The van der Waals surface area contributed by atoms with Crippen LogP contribution in [0.5, 0.6) is 0 Å². The molecule has 1 aromatic carbocycles. The fourth-order valence-corrected chi connectivity index (χ4v) is 1.76. The van der Waals surface area contributed by atoms with Gasteiger partial charge in [-0.2, -0.15) is 0 Å². The minimum Gasteiger partial charge on any atom is -0.396 e. The van der Waals surface area contributed by atoms with E-state index in [2.05, 4.69) is 0 Å². The summed E-state index contributed by atoms with van der Waals surface area (Å²) in [6.45, 7) is 1.64. The maximum atomic E-state index is 9.16. The summed E-state index contributed by atoms with van der Waals surface area (Å²) in [5.74, 6) is 0. The van der Waals surface area contributed by atoms with E-state index in [1.807, 2.05) is 6.07 Å². The molecule has 0 unspecified atom stereocenters. The molecule has 2 nitrogen and oxygen atoms in total. The molecule has 0 aliphatic rings. The van der Waals surface area contributed by atoms with Crippen molar-refractivity contribution in [3.05, 3.63) is 33.8 Å². The highest BCUT2D eigenvalue weighted by molar-refractivity contribution is 6.35. The summed E-state index contributed by atoms with van der Waals surface area (Å²) < 4.78 is 0. The summed E-state index contributed by atoms with van der Waals surface area (Å²) in [6.07, 6.45) is 0.524. The highest BCUT2D eigenvalue weighted by Crippen LogP contribution is 2.28. The minimum atomic E-state index is -0.544. The van der Waals surface area contributed by atoms with Crippen molar-refractivity contribution in [3.63, 3.8) is 0 Å². The lowest BCUT2D eigenvalue weighted by molar-refractivity contribution is 0.0704. The minimum absolute atomic E-state index is 0.0809. The van der Waals surface area contributed by atoms with Crippen LogP contribution in [0.3, 0.4) is 0 Å². The van der Waals surface area contributed by atoms with Gasteiger partial charge in [-0.25, -0.2) is 0 Å². The van der Waals surface area contributed by atoms with Crippen LogP contribution in [0, 0.1) is 5.41 Å². The Kier molecular flexibility index (Phi) is 4.41. The van der Waals surface area contributed by atoms with Crippen molar-refractivity contribution in [1.29, 1.82) is 0 Å². The predicted octanol–water partition coefficient (Wildman–Crippen LogP) is 2.53. The van der Waals surface area contributed by atoms with E-state index in [1.165, 1.54) is 0 Å². The van der Waals surface area contributed by atoms with Crippen molar-refractivity contribution >= 4 is 23.2 Å². The van der Waals surface area contributed by atoms with Crippen LogP contribution in [0.15, 0.2) is 18.2 Å². The van der Waals surface area contributed by atoms with Crippen LogP contribution in [0.2, 0.25) is 10.0 Å². The SMILES string of the molecule is CC(CO)(CO)Cc1ccc(Cl)cc1Cl. The van der Waals surface area contributed by atoms with E-state index in [1.54, 1.807) is 19.1 Å². The second-order valence-electron chi connectivity index (χ2n) is 4.04. The quantitative estimate of drug-likeness (QED) is 0.860. The summed E-state index contributed by atoms with van der Waals surface area (Å²) in [5.41, 5.74) is 0.337. The van der Waals surface area contributed by atoms with Gasteiger partial charge in [-0.05, 0) is 24.1 Å². The fraction of sp³-hybridized carbons (Fsp3) is 0.455. The summed E-state index contributed by atoms with van der Waals surface area (Å²) in [6, 6.07) is 5.22.